The predicted molar refractivity (Wildman–Crippen MR) is 116 cm³/mol. The number of nitrogens with zero attached hydrogens (tertiary/aromatic N) is 3. The minimum absolute atomic E-state index is 0.00760. The number of halogens is 4. The van der Waals surface area contributed by atoms with E-state index in [0.29, 0.717) is 0 Å². The Labute approximate surface area is 185 Å². The number of aromatic nitrogens is 2. The van der Waals surface area contributed by atoms with Gasteiger partial charge >= 0.3 is 6.18 Å². The lowest BCUT2D eigenvalue weighted by Crippen LogP contribution is -2.61. The maximum Gasteiger partial charge on any atom is 0.420 e. The summed E-state index contributed by atoms with van der Waals surface area (Å²) in [5.41, 5.74) is -1.04. The normalized spacial score (nSPS) is 18.9. The Bertz CT molecular complexity index is 959. The van der Waals surface area contributed by atoms with Crippen LogP contribution in [0.5, 0.6) is 5.75 Å². The monoisotopic (exact) mass is 455 g/mol. The average Bonchev–Trinajstić information content (AvgIpc) is 2.67. The number of likely N-dealkylation sites (tertiary alicyclic amines) is 1. The van der Waals surface area contributed by atoms with Gasteiger partial charge in [0.2, 0.25) is 5.95 Å². The van der Waals surface area contributed by atoms with Crippen LogP contribution in [0.1, 0.15) is 46.1 Å². The molecule has 1 fully saturated rings. The van der Waals surface area contributed by atoms with Gasteiger partial charge in [0, 0.05) is 22.8 Å². The third-order valence-electron chi connectivity index (χ3n) is 6.15. The number of nitrogens with one attached hydrogen (secondary N) is 2. The van der Waals surface area contributed by atoms with E-state index in [1.54, 1.807) is 0 Å². The Balaban J connectivity index is 1.83. The lowest BCUT2D eigenvalue weighted by atomic mass is 9.77. The molecule has 1 aromatic heterocycles. The molecule has 2 N–H and O–H groups in total. The molecule has 0 aliphatic carbocycles. The number of hydrogen-bond acceptors (Lipinski definition) is 6. The van der Waals surface area contributed by atoms with Gasteiger partial charge in [-0.05, 0) is 65.8 Å². The number of anilines is 3. The quantitative estimate of drug-likeness (QED) is 0.585. The van der Waals surface area contributed by atoms with Crippen LogP contribution in [0, 0.1) is 5.82 Å². The summed E-state index contributed by atoms with van der Waals surface area (Å²) in [6, 6.07) is 3.49. The van der Waals surface area contributed by atoms with Crippen molar-refractivity contribution in [3.63, 3.8) is 0 Å². The summed E-state index contributed by atoms with van der Waals surface area (Å²) in [7, 11) is 3.25. The number of methoxy groups -OCH3 is 1. The lowest BCUT2D eigenvalue weighted by molar-refractivity contribution is -0.138. The number of piperidine rings is 1. The predicted octanol–water partition coefficient (Wildman–Crippen LogP) is 5.45. The van der Waals surface area contributed by atoms with E-state index in [0.717, 1.165) is 25.1 Å². The van der Waals surface area contributed by atoms with Gasteiger partial charge in [0.25, 0.3) is 0 Å². The molecule has 2 heterocycles. The van der Waals surface area contributed by atoms with Crippen LogP contribution >= 0.6 is 0 Å². The Hall–Kier alpha value is -2.62. The fourth-order valence-electron chi connectivity index (χ4n) is 4.33. The van der Waals surface area contributed by atoms with Gasteiger partial charge in [0.15, 0.2) is 11.6 Å². The van der Waals surface area contributed by atoms with Crippen LogP contribution in [0.25, 0.3) is 0 Å². The second kappa shape index (κ2) is 8.38. The van der Waals surface area contributed by atoms with Gasteiger partial charge in [0.05, 0.1) is 18.9 Å². The summed E-state index contributed by atoms with van der Waals surface area (Å²) < 4.78 is 59.1. The van der Waals surface area contributed by atoms with Crippen molar-refractivity contribution in [3.8, 4) is 5.75 Å². The molecule has 1 aromatic carbocycles. The van der Waals surface area contributed by atoms with Gasteiger partial charge in [-0.1, -0.05) is 0 Å². The first kappa shape index (κ1) is 24.0. The summed E-state index contributed by atoms with van der Waals surface area (Å²) in [5, 5.41) is 5.89. The molecule has 0 unspecified atom stereocenters. The third-order valence-corrected chi connectivity index (χ3v) is 6.15. The molecule has 1 aliphatic heterocycles. The molecule has 0 radical (unpaired) electrons. The molecular weight excluding hydrogens is 426 g/mol. The van der Waals surface area contributed by atoms with Gasteiger partial charge in [-0.25, -0.2) is 9.37 Å². The summed E-state index contributed by atoms with van der Waals surface area (Å²) in [6.45, 7) is 8.53. The van der Waals surface area contributed by atoms with E-state index >= 15 is 0 Å². The Morgan fingerprint density at radius 1 is 1.12 bits per heavy atom. The van der Waals surface area contributed by atoms with Gasteiger partial charge in [-0.3, -0.25) is 4.90 Å². The average molecular weight is 456 g/mol. The van der Waals surface area contributed by atoms with Gasteiger partial charge < -0.3 is 15.4 Å². The van der Waals surface area contributed by atoms with Crippen molar-refractivity contribution in [2.24, 2.45) is 0 Å². The number of hydrogen-bond donors (Lipinski definition) is 2. The highest BCUT2D eigenvalue weighted by atomic mass is 19.4. The van der Waals surface area contributed by atoms with E-state index in [1.807, 2.05) is 0 Å². The largest absolute Gasteiger partial charge is 0.496 e. The lowest BCUT2D eigenvalue weighted by Gasteiger charge is -2.53. The Kier molecular flexibility index (Phi) is 6.29. The summed E-state index contributed by atoms with van der Waals surface area (Å²) in [6.07, 6.45) is -2.05. The van der Waals surface area contributed by atoms with Crippen molar-refractivity contribution < 1.29 is 22.3 Å². The molecule has 0 saturated carbocycles. The van der Waals surface area contributed by atoms with E-state index in [4.69, 9.17) is 4.74 Å². The summed E-state index contributed by atoms with van der Waals surface area (Å²) in [5.74, 6) is -0.930. The highest BCUT2D eigenvalue weighted by Crippen LogP contribution is 2.39. The van der Waals surface area contributed by atoms with Gasteiger partial charge in [0.1, 0.15) is 5.75 Å². The molecule has 2 aromatic rings. The van der Waals surface area contributed by atoms with Crippen LogP contribution in [-0.2, 0) is 6.18 Å². The SMILES string of the molecule is COc1ccc(Nc2ncc(F)c(NC3CC(C)(C)N(C)C(C)(C)C3)n2)cc1C(F)(F)F. The van der Waals surface area contributed by atoms with Crippen molar-refractivity contribution in [1.82, 2.24) is 14.9 Å². The second-order valence-electron chi connectivity index (χ2n) is 9.36. The first-order valence-corrected chi connectivity index (χ1v) is 10.3. The molecule has 0 atom stereocenters. The maximum absolute atomic E-state index is 14.5. The molecule has 1 saturated heterocycles. The Morgan fingerprint density at radius 2 is 1.75 bits per heavy atom. The zero-order valence-electron chi connectivity index (χ0n) is 19.1. The minimum Gasteiger partial charge on any atom is -0.496 e. The van der Waals surface area contributed by atoms with Crippen LogP contribution < -0.4 is 15.4 Å². The van der Waals surface area contributed by atoms with Crippen molar-refractivity contribution in [3.05, 3.63) is 35.8 Å². The van der Waals surface area contributed by atoms with Crippen LogP contribution in [0.3, 0.4) is 0 Å². The fourth-order valence-corrected chi connectivity index (χ4v) is 4.33. The van der Waals surface area contributed by atoms with Crippen LogP contribution in [-0.4, -0.2) is 46.1 Å². The summed E-state index contributed by atoms with van der Waals surface area (Å²) >= 11 is 0. The minimum atomic E-state index is -4.59. The van der Waals surface area contributed by atoms with Gasteiger partial charge in [-0.2, -0.15) is 18.2 Å². The van der Waals surface area contributed by atoms with Crippen molar-refractivity contribution in [1.29, 1.82) is 0 Å². The van der Waals surface area contributed by atoms with E-state index in [-0.39, 0.29) is 40.3 Å². The smallest absolute Gasteiger partial charge is 0.420 e. The summed E-state index contributed by atoms with van der Waals surface area (Å²) in [4.78, 5) is 10.4. The third kappa shape index (κ3) is 5.06. The van der Waals surface area contributed by atoms with Crippen molar-refractivity contribution in [2.45, 2.75) is 63.8 Å². The van der Waals surface area contributed by atoms with E-state index in [1.165, 1.54) is 19.2 Å². The molecule has 32 heavy (non-hydrogen) atoms. The highest BCUT2D eigenvalue weighted by molar-refractivity contribution is 5.59. The zero-order chi connectivity index (χ0) is 23.9. The molecular formula is C22H29F4N5O. The van der Waals surface area contributed by atoms with Crippen LogP contribution in [0.2, 0.25) is 0 Å². The second-order valence-corrected chi connectivity index (χ2v) is 9.36. The molecule has 176 valence electrons. The van der Waals surface area contributed by atoms with Crippen molar-refractivity contribution >= 4 is 17.5 Å². The van der Waals surface area contributed by atoms with Crippen molar-refractivity contribution in [2.75, 3.05) is 24.8 Å². The molecule has 6 nitrogen and oxygen atoms in total. The van der Waals surface area contributed by atoms with Crippen LogP contribution in [0.4, 0.5) is 35.0 Å². The highest BCUT2D eigenvalue weighted by Gasteiger charge is 2.43. The molecule has 3 rings (SSSR count). The molecule has 0 bridgehead atoms. The molecule has 0 amide bonds. The number of benzene rings is 1. The number of alkyl halides is 3. The van der Waals surface area contributed by atoms with E-state index < -0.39 is 17.6 Å². The molecule has 10 heteroatoms. The first-order chi connectivity index (χ1) is 14.7. The van der Waals surface area contributed by atoms with E-state index in [9.17, 15) is 17.6 Å². The molecule has 0 spiro atoms. The fraction of sp³-hybridized carbons (Fsp3) is 0.545. The zero-order valence-corrected chi connectivity index (χ0v) is 19.1. The standard InChI is InChI=1S/C22H29F4N5O/c1-20(2)10-14(11-21(3,4)31(20)5)28-18-16(23)12-27-19(30-18)29-13-7-8-17(32-6)15(9-13)22(24,25)26/h7-9,12,14H,10-11H2,1-6H3,(H2,27,28,29,30). The van der Waals surface area contributed by atoms with E-state index in [2.05, 4.69) is 60.2 Å². The first-order valence-electron chi connectivity index (χ1n) is 10.3. The number of ether oxygens (including phenoxy) is 1. The molecule has 1 aliphatic rings. The van der Waals surface area contributed by atoms with Crippen LogP contribution in [0.15, 0.2) is 24.4 Å². The maximum atomic E-state index is 14.5. The number of rotatable bonds is 5. The Morgan fingerprint density at radius 3 is 2.31 bits per heavy atom. The topological polar surface area (TPSA) is 62.3 Å². The van der Waals surface area contributed by atoms with Gasteiger partial charge in [-0.15, -0.1) is 0 Å².